The van der Waals surface area contributed by atoms with Gasteiger partial charge in [0, 0.05) is 38.2 Å². The van der Waals surface area contributed by atoms with Crippen molar-refractivity contribution in [2.45, 2.75) is 18.9 Å². The summed E-state index contributed by atoms with van der Waals surface area (Å²) in [7, 11) is 1.72. The fraction of sp³-hybridized carbons (Fsp3) is 0.381. The van der Waals surface area contributed by atoms with Gasteiger partial charge in [-0.3, -0.25) is 5.32 Å². The number of amides is 2. The van der Waals surface area contributed by atoms with E-state index >= 15 is 0 Å². The third-order valence-electron chi connectivity index (χ3n) is 5.35. The van der Waals surface area contributed by atoms with Gasteiger partial charge in [0.15, 0.2) is 5.13 Å². The normalized spacial score (nSPS) is 15.1. The number of pyridine rings is 1. The topological polar surface area (TPSA) is 93.6 Å². The Balaban J connectivity index is 1.35. The second-order valence-electron chi connectivity index (χ2n) is 7.62. The Labute approximate surface area is 194 Å². The maximum Gasteiger partial charge on any atom is 0.321 e. The lowest BCUT2D eigenvalue weighted by Gasteiger charge is -2.29. The molecule has 32 heavy (non-hydrogen) atoms. The van der Waals surface area contributed by atoms with Crippen LogP contribution in [0.5, 0.6) is 0 Å². The van der Waals surface area contributed by atoms with Crippen LogP contribution in [0, 0.1) is 5.82 Å². The van der Waals surface area contributed by atoms with E-state index in [4.69, 9.17) is 11.6 Å². The SMILES string of the molecule is CN(c1ccc2nc(NC(=O)NCCN3CCC(O)CC3)sc2n1)c1ccc(Cl)cc1F. The standard InChI is InChI=1S/C21H24ClFN6O2S/c1-28(17-4-2-13(22)12-15(17)23)18-5-3-16-19(26-18)32-21(25-16)27-20(31)24-8-11-29-9-6-14(30)7-10-29/h2-5,12,14,30H,6-11H2,1H3,(H2,24,25,27,31). The number of hydrogen-bond donors (Lipinski definition) is 3. The maximum atomic E-state index is 14.3. The summed E-state index contributed by atoms with van der Waals surface area (Å²) in [4.78, 5) is 25.6. The van der Waals surface area contributed by atoms with Crippen LogP contribution in [0.15, 0.2) is 30.3 Å². The first-order chi connectivity index (χ1) is 15.4. The zero-order valence-corrected chi connectivity index (χ0v) is 19.1. The van der Waals surface area contributed by atoms with Gasteiger partial charge >= 0.3 is 6.03 Å². The molecule has 2 amide bonds. The number of thiazole rings is 1. The Bertz CT molecular complexity index is 1110. The van der Waals surface area contributed by atoms with Crippen LogP contribution in [0.25, 0.3) is 10.3 Å². The molecule has 3 aromatic rings. The Morgan fingerprint density at radius 3 is 2.84 bits per heavy atom. The summed E-state index contributed by atoms with van der Waals surface area (Å²) in [6, 6.07) is 7.67. The molecule has 0 unspecified atom stereocenters. The van der Waals surface area contributed by atoms with E-state index in [1.165, 1.54) is 17.4 Å². The lowest BCUT2D eigenvalue weighted by Crippen LogP contribution is -2.41. The number of fused-ring (bicyclic) bond motifs is 1. The number of aromatic nitrogens is 2. The number of likely N-dealkylation sites (tertiary alicyclic amines) is 1. The average molecular weight is 479 g/mol. The largest absolute Gasteiger partial charge is 0.393 e. The highest BCUT2D eigenvalue weighted by Crippen LogP contribution is 2.30. The number of nitrogens with zero attached hydrogens (tertiary/aromatic N) is 4. The Morgan fingerprint density at radius 2 is 2.09 bits per heavy atom. The Hall–Kier alpha value is -2.53. The van der Waals surface area contributed by atoms with E-state index in [0.29, 0.717) is 38.6 Å². The number of urea groups is 1. The van der Waals surface area contributed by atoms with Gasteiger partial charge in [-0.2, -0.15) is 0 Å². The van der Waals surface area contributed by atoms with Crippen LogP contribution in [0.4, 0.5) is 25.8 Å². The number of hydrogen-bond acceptors (Lipinski definition) is 7. The number of piperidine rings is 1. The highest BCUT2D eigenvalue weighted by molar-refractivity contribution is 7.22. The van der Waals surface area contributed by atoms with E-state index in [1.807, 2.05) is 0 Å². The second-order valence-corrected chi connectivity index (χ2v) is 9.04. The molecule has 4 rings (SSSR count). The third-order valence-corrected chi connectivity index (χ3v) is 6.46. The minimum Gasteiger partial charge on any atom is -0.393 e. The number of aliphatic hydroxyl groups excluding tert-OH is 1. The Morgan fingerprint density at radius 1 is 1.31 bits per heavy atom. The highest BCUT2D eigenvalue weighted by atomic mass is 35.5. The van der Waals surface area contributed by atoms with Crippen LogP contribution in [-0.2, 0) is 0 Å². The molecule has 2 aromatic heterocycles. The maximum absolute atomic E-state index is 14.3. The molecule has 170 valence electrons. The second kappa shape index (κ2) is 9.95. The van der Waals surface area contributed by atoms with E-state index in [1.54, 1.807) is 36.2 Å². The van der Waals surface area contributed by atoms with Gasteiger partial charge in [-0.25, -0.2) is 19.2 Å². The van der Waals surface area contributed by atoms with Crippen LogP contribution in [-0.4, -0.2) is 65.3 Å². The van der Waals surface area contributed by atoms with Gasteiger partial charge in [-0.1, -0.05) is 22.9 Å². The van der Waals surface area contributed by atoms with Gasteiger partial charge in [-0.15, -0.1) is 0 Å². The van der Waals surface area contributed by atoms with Gasteiger partial charge in [-0.05, 0) is 43.2 Å². The molecule has 1 aromatic carbocycles. The minimum absolute atomic E-state index is 0.208. The summed E-state index contributed by atoms with van der Waals surface area (Å²) in [6.45, 7) is 2.92. The van der Waals surface area contributed by atoms with Crippen molar-refractivity contribution >= 4 is 56.0 Å². The van der Waals surface area contributed by atoms with Crippen LogP contribution < -0.4 is 15.5 Å². The first-order valence-electron chi connectivity index (χ1n) is 10.3. The number of anilines is 3. The average Bonchev–Trinajstić information content (AvgIpc) is 3.16. The molecule has 3 N–H and O–H groups in total. The monoisotopic (exact) mass is 478 g/mol. The van der Waals surface area contributed by atoms with Crippen LogP contribution in [0.2, 0.25) is 5.02 Å². The number of aliphatic hydroxyl groups is 1. The van der Waals surface area contributed by atoms with Crippen molar-refractivity contribution in [2.75, 3.05) is 43.4 Å². The van der Waals surface area contributed by atoms with Crippen molar-refractivity contribution in [1.82, 2.24) is 20.2 Å². The summed E-state index contributed by atoms with van der Waals surface area (Å²) in [6.07, 6.45) is 1.33. The van der Waals surface area contributed by atoms with Crippen molar-refractivity contribution < 1.29 is 14.3 Å². The first kappa shape index (κ1) is 22.7. The summed E-state index contributed by atoms with van der Waals surface area (Å²) < 4.78 is 14.3. The summed E-state index contributed by atoms with van der Waals surface area (Å²) in [5.41, 5.74) is 0.998. The molecule has 0 atom stereocenters. The summed E-state index contributed by atoms with van der Waals surface area (Å²) in [5.74, 6) is 0.107. The zero-order valence-electron chi connectivity index (χ0n) is 17.5. The molecule has 11 heteroatoms. The molecule has 0 aliphatic carbocycles. The van der Waals surface area contributed by atoms with Crippen molar-refractivity contribution in [3.8, 4) is 0 Å². The van der Waals surface area contributed by atoms with Crippen molar-refractivity contribution in [3.63, 3.8) is 0 Å². The van der Waals surface area contributed by atoms with Gasteiger partial charge in [0.25, 0.3) is 0 Å². The molecular formula is C21H24ClFN6O2S. The van der Waals surface area contributed by atoms with Crippen molar-refractivity contribution in [2.24, 2.45) is 0 Å². The van der Waals surface area contributed by atoms with E-state index in [-0.39, 0.29) is 12.1 Å². The fourth-order valence-corrected chi connectivity index (χ4v) is 4.52. The predicted molar refractivity (Wildman–Crippen MR) is 126 cm³/mol. The number of benzene rings is 1. The molecule has 1 aliphatic heterocycles. The number of rotatable bonds is 6. The predicted octanol–water partition coefficient (Wildman–Crippen LogP) is 3.83. The minimum atomic E-state index is -0.439. The molecule has 1 aliphatic rings. The van der Waals surface area contributed by atoms with Crippen LogP contribution in [0.3, 0.4) is 0 Å². The Kier molecular flexibility index (Phi) is 7.04. The molecule has 0 bridgehead atoms. The fourth-order valence-electron chi connectivity index (χ4n) is 3.54. The van der Waals surface area contributed by atoms with Crippen LogP contribution >= 0.6 is 22.9 Å². The number of halogens is 2. The zero-order chi connectivity index (χ0) is 22.7. The lowest BCUT2D eigenvalue weighted by molar-refractivity contribution is 0.0833. The molecule has 1 fully saturated rings. The smallest absolute Gasteiger partial charge is 0.321 e. The molecular weight excluding hydrogens is 455 g/mol. The molecule has 0 radical (unpaired) electrons. The van der Waals surface area contributed by atoms with Gasteiger partial charge in [0.2, 0.25) is 0 Å². The molecule has 0 saturated carbocycles. The van der Waals surface area contributed by atoms with E-state index in [9.17, 15) is 14.3 Å². The van der Waals surface area contributed by atoms with E-state index in [2.05, 4.69) is 25.5 Å². The molecule has 1 saturated heterocycles. The van der Waals surface area contributed by atoms with E-state index in [0.717, 1.165) is 32.5 Å². The van der Waals surface area contributed by atoms with Crippen molar-refractivity contribution in [3.05, 3.63) is 41.2 Å². The molecule has 0 spiro atoms. The lowest BCUT2D eigenvalue weighted by atomic mass is 10.1. The van der Waals surface area contributed by atoms with E-state index < -0.39 is 5.82 Å². The summed E-state index contributed by atoms with van der Waals surface area (Å²) in [5, 5.41) is 15.9. The molecule has 3 heterocycles. The third kappa shape index (κ3) is 5.44. The number of nitrogens with one attached hydrogen (secondary N) is 2. The number of carbonyl (C=O) groups excluding carboxylic acids is 1. The van der Waals surface area contributed by atoms with Gasteiger partial charge < -0.3 is 20.2 Å². The van der Waals surface area contributed by atoms with Crippen molar-refractivity contribution in [1.29, 1.82) is 0 Å². The van der Waals surface area contributed by atoms with Gasteiger partial charge in [0.05, 0.1) is 11.8 Å². The summed E-state index contributed by atoms with van der Waals surface area (Å²) >= 11 is 7.08. The highest BCUT2D eigenvalue weighted by Gasteiger charge is 2.17. The quantitative estimate of drug-likeness (QED) is 0.498. The van der Waals surface area contributed by atoms with Gasteiger partial charge in [0.1, 0.15) is 22.0 Å². The first-order valence-corrected chi connectivity index (χ1v) is 11.5. The van der Waals surface area contributed by atoms with Crippen LogP contribution in [0.1, 0.15) is 12.8 Å². The number of carbonyl (C=O) groups is 1. The molecule has 8 nitrogen and oxygen atoms in total.